The Bertz CT molecular complexity index is 1660. The number of rotatable bonds is 7. The number of H-pyrrole nitrogens is 1. The monoisotopic (exact) mass is 525 g/mol. The van der Waals surface area contributed by atoms with E-state index in [2.05, 4.69) is 25.7 Å². The van der Waals surface area contributed by atoms with Gasteiger partial charge in [-0.15, -0.1) is 0 Å². The second kappa shape index (κ2) is 10.6. The first kappa shape index (κ1) is 24.6. The van der Waals surface area contributed by atoms with Crippen molar-refractivity contribution < 1.29 is 19.4 Å². The molecule has 39 heavy (non-hydrogen) atoms. The molecule has 0 bridgehead atoms. The van der Waals surface area contributed by atoms with E-state index in [0.29, 0.717) is 53.7 Å². The van der Waals surface area contributed by atoms with Crippen molar-refractivity contribution in [3.05, 3.63) is 60.8 Å². The number of benzene rings is 3. The molecule has 2 aromatic heterocycles. The molecule has 1 amide bonds. The van der Waals surface area contributed by atoms with Crippen LogP contribution in [0.4, 0.5) is 17.2 Å². The van der Waals surface area contributed by atoms with E-state index in [0.717, 1.165) is 35.2 Å². The molecule has 3 aromatic carbocycles. The van der Waals surface area contributed by atoms with E-state index in [-0.39, 0.29) is 11.7 Å². The molecule has 1 saturated heterocycles. The standard InChI is InChI=1S/C28H27N7O4/c1-38-25-14-23-21(13-24(25)36)28(31-20-5-6-22-18(12-20)15-29-34-22)33-27(32-23)17-3-2-4-19(11-17)30-26(37)16-35-7-9-39-10-8-35/h2-6,11-15,36H,7-10,16H2,1H3,(H,29,34)(H,30,37)(H,31,32,33). The molecule has 0 saturated carbocycles. The highest BCUT2D eigenvalue weighted by molar-refractivity contribution is 5.96. The van der Waals surface area contributed by atoms with Crippen molar-refractivity contribution in [3.63, 3.8) is 0 Å². The van der Waals surface area contributed by atoms with E-state index in [1.54, 1.807) is 18.3 Å². The Morgan fingerprint density at radius 1 is 1.10 bits per heavy atom. The van der Waals surface area contributed by atoms with Gasteiger partial charge in [0.25, 0.3) is 0 Å². The maximum absolute atomic E-state index is 12.7. The average molecular weight is 526 g/mol. The van der Waals surface area contributed by atoms with Gasteiger partial charge in [-0.3, -0.25) is 14.8 Å². The van der Waals surface area contributed by atoms with Crippen molar-refractivity contribution in [1.82, 2.24) is 25.1 Å². The van der Waals surface area contributed by atoms with Crippen molar-refractivity contribution >= 4 is 44.9 Å². The summed E-state index contributed by atoms with van der Waals surface area (Å²) in [5, 5.41) is 25.4. The lowest BCUT2D eigenvalue weighted by Crippen LogP contribution is -2.41. The summed E-state index contributed by atoms with van der Waals surface area (Å²) in [6, 6.07) is 16.5. The van der Waals surface area contributed by atoms with Gasteiger partial charge in [-0.2, -0.15) is 5.10 Å². The molecule has 0 unspecified atom stereocenters. The average Bonchev–Trinajstić information content (AvgIpc) is 3.41. The number of hydrogen-bond acceptors (Lipinski definition) is 9. The van der Waals surface area contributed by atoms with Crippen LogP contribution in [0.5, 0.6) is 11.5 Å². The molecule has 11 heteroatoms. The number of anilines is 3. The lowest BCUT2D eigenvalue weighted by molar-refractivity contribution is -0.118. The topological polar surface area (TPSA) is 138 Å². The van der Waals surface area contributed by atoms with Crippen LogP contribution in [0.3, 0.4) is 0 Å². The molecule has 0 spiro atoms. The van der Waals surface area contributed by atoms with Crippen molar-refractivity contribution in [1.29, 1.82) is 0 Å². The van der Waals surface area contributed by atoms with E-state index in [9.17, 15) is 9.90 Å². The van der Waals surface area contributed by atoms with Crippen molar-refractivity contribution in [2.24, 2.45) is 0 Å². The zero-order valence-electron chi connectivity index (χ0n) is 21.3. The van der Waals surface area contributed by atoms with E-state index in [1.165, 1.54) is 7.11 Å². The number of fused-ring (bicyclic) bond motifs is 2. The molecule has 1 aliphatic rings. The fraction of sp³-hybridized carbons (Fsp3) is 0.214. The predicted octanol–water partition coefficient (Wildman–Crippen LogP) is 3.90. The fourth-order valence-electron chi connectivity index (χ4n) is 4.59. The second-order valence-electron chi connectivity index (χ2n) is 9.25. The molecule has 198 valence electrons. The van der Waals surface area contributed by atoms with Gasteiger partial charge in [0.15, 0.2) is 17.3 Å². The number of phenolic OH excluding ortho intramolecular Hbond substituents is 1. The maximum atomic E-state index is 12.7. The third kappa shape index (κ3) is 5.31. The SMILES string of the molecule is COc1cc2nc(-c3cccc(NC(=O)CN4CCOCC4)c3)nc(Nc3ccc4[nH]ncc4c3)c2cc1O. The van der Waals surface area contributed by atoms with Gasteiger partial charge in [-0.1, -0.05) is 12.1 Å². The van der Waals surface area contributed by atoms with E-state index < -0.39 is 0 Å². The Labute approximate surface area is 223 Å². The summed E-state index contributed by atoms with van der Waals surface area (Å²) in [6.45, 7) is 3.05. The van der Waals surface area contributed by atoms with Crippen LogP contribution in [0.1, 0.15) is 0 Å². The molecular formula is C28H27N7O4. The highest BCUT2D eigenvalue weighted by Crippen LogP contribution is 2.36. The molecule has 4 N–H and O–H groups in total. The third-order valence-electron chi connectivity index (χ3n) is 6.57. The minimum absolute atomic E-state index is 0.0142. The first-order valence-electron chi connectivity index (χ1n) is 12.5. The zero-order chi connectivity index (χ0) is 26.8. The molecule has 1 fully saturated rings. The maximum Gasteiger partial charge on any atom is 0.238 e. The lowest BCUT2D eigenvalue weighted by atomic mass is 10.1. The number of morpholine rings is 1. The van der Waals surface area contributed by atoms with Gasteiger partial charge < -0.3 is 25.2 Å². The number of aromatic hydroxyl groups is 1. The molecule has 0 atom stereocenters. The number of aromatic nitrogens is 4. The molecule has 5 aromatic rings. The van der Waals surface area contributed by atoms with Crippen LogP contribution in [-0.4, -0.2) is 76.0 Å². The largest absolute Gasteiger partial charge is 0.504 e. The van der Waals surface area contributed by atoms with Crippen molar-refractivity contribution in [2.45, 2.75) is 0 Å². The predicted molar refractivity (Wildman–Crippen MR) is 148 cm³/mol. The molecule has 1 aliphatic heterocycles. The van der Waals surface area contributed by atoms with Crippen LogP contribution in [-0.2, 0) is 9.53 Å². The zero-order valence-corrected chi connectivity index (χ0v) is 21.3. The summed E-state index contributed by atoms with van der Waals surface area (Å²) in [5.41, 5.74) is 3.68. The number of nitrogens with one attached hydrogen (secondary N) is 3. The van der Waals surface area contributed by atoms with Gasteiger partial charge in [-0.25, -0.2) is 9.97 Å². The number of aromatic amines is 1. The van der Waals surface area contributed by atoms with Gasteiger partial charge in [0.1, 0.15) is 5.82 Å². The Morgan fingerprint density at radius 3 is 2.82 bits per heavy atom. The smallest absolute Gasteiger partial charge is 0.238 e. The van der Waals surface area contributed by atoms with E-state index in [1.807, 2.05) is 42.5 Å². The quantitative estimate of drug-likeness (QED) is 0.249. The molecule has 0 aliphatic carbocycles. The fourth-order valence-corrected chi connectivity index (χ4v) is 4.59. The number of hydrogen-bond donors (Lipinski definition) is 4. The normalized spacial score (nSPS) is 14.0. The molecule has 11 nitrogen and oxygen atoms in total. The minimum atomic E-state index is -0.0920. The summed E-state index contributed by atoms with van der Waals surface area (Å²) in [5.74, 6) is 1.16. The van der Waals surface area contributed by atoms with Crippen molar-refractivity contribution in [3.8, 4) is 22.9 Å². The molecule has 0 radical (unpaired) electrons. The van der Waals surface area contributed by atoms with Gasteiger partial charge in [0, 0.05) is 46.9 Å². The number of carbonyl (C=O) groups excluding carboxylic acids is 1. The summed E-state index contributed by atoms with van der Waals surface area (Å²) in [6.07, 6.45) is 1.75. The number of nitrogens with zero attached hydrogens (tertiary/aromatic N) is 4. The summed E-state index contributed by atoms with van der Waals surface area (Å²) in [4.78, 5) is 24.3. The van der Waals surface area contributed by atoms with Crippen LogP contribution >= 0.6 is 0 Å². The Kier molecular flexibility index (Phi) is 6.66. The van der Waals surface area contributed by atoms with Crippen molar-refractivity contribution in [2.75, 3.05) is 50.6 Å². The van der Waals surface area contributed by atoms with Gasteiger partial charge in [-0.05, 0) is 36.4 Å². The summed E-state index contributed by atoms with van der Waals surface area (Å²) in [7, 11) is 1.49. The summed E-state index contributed by atoms with van der Waals surface area (Å²) < 4.78 is 10.7. The van der Waals surface area contributed by atoms with E-state index >= 15 is 0 Å². The molecule has 6 rings (SSSR count). The third-order valence-corrected chi connectivity index (χ3v) is 6.57. The number of carbonyl (C=O) groups is 1. The van der Waals surface area contributed by atoms with Crippen LogP contribution < -0.4 is 15.4 Å². The minimum Gasteiger partial charge on any atom is -0.504 e. The molecular weight excluding hydrogens is 498 g/mol. The number of methoxy groups -OCH3 is 1. The first-order valence-corrected chi connectivity index (χ1v) is 12.5. The number of ether oxygens (including phenoxy) is 2. The first-order chi connectivity index (χ1) is 19.1. The highest BCUT2D eigenvalue weighted by Gasteiger charge is 2.16. The number of phenols is 1. The summed E-state index contributed by atoms with van der Waals surface area (Å²) >= 11 is 0. The second-order valence-corrected chi connectivity index (χ2v) is 9.25. The highest BCUT2D eigenvalue weighted by atomic mass is 16.5. The Hall–Kier alpha value is -4.74. The van der Waals surface area contributed by atoms with Crippen LogP contribution in [0.15, 0.2) is 60.8 Å². The van der Waals surface area contributed by atoms with Crippen LogP contribution in [0, 0.1) is 0 Å². The van der Waals surface area contributed by atoms with E-state index in [4.69, 9.17) is 19.4 Å². The van der Waals surface area contributed by atoms with Gasteiger partial charge >= 0.3 is 0 Å². The van der Waals surface area contributed by atoms with Crippen LogP contribution in [0.25, 0.3) is 33.2 Å². The van der Waals surface area contributed by atoms with Crippen LogP contribution in [0.2, 0.25) is 0 Å². The molecule has 3 heterocycles. The van der Waals surface area contributed by atoms with Gasteiger partial charge in [0.05, 0.1) is 44.1 Å². The lowest BCUT2D eigenvalue weighted by Gasteiger charge is -2.25. The Morgan fingerprint density at radius 2 is 1.97 bits per heavy atom. The Balaban J connectivity index is 1.34. The van der Waals surface area contributed by atoms with Gasteiger partial charge in [0.2, 0.25) is 5.91 Å². The number of amides is 1.